The van der Waals surface area contributed by atoms with Gasteiger partial charge in [0.25, 0.3) is 0 Å². The fraction of sp³-hybridized carbons (Fsp3) is 0.545. The van der Waals surface area contributed by atoms with Crippen molar-refractivity contribution in [1.82, 2.24) is 4.98 Å². The highest BCUT2D eigenvalue weighted by Gasteiger charge is 2.29. The van der Waals surface area contributed by atoms with Gasteiger partial charge in [0, 0.05) is 24.9 Å². The van der Waals surface area contributed by atoms with Crippen molar-refractivity contribution in [3.8, 4) is 0 Å². The molecule has 0 saturated carbocycles. The van der Waals surface area contributed by atoms with E-state index in [4.69, 9.17) is 11.6 Å². The molecule has 0 aliphatic heterocycles. The lowest BCUT2D eigenvalue weighted by molar-refractivity contribution is -0.138. The summed E-state index contributed by atoms with van der Waals surface area (Å²) in [5, 5.41) is 12.1. The topological polar surface area (TPSA) is 53.4 Å². The fourth-order valence-electron chi connectivity index (χ4n) is 2.93. The number of anilines is 1. The Hall–Kier alpha value is -1.24. The molecule has 2 aromatic rings. The van der Waals surface area contributed by atoms with Crippen molar-refractivity contribution in [3.05, 3.63) is 40.4 Å². The van der Waals surface area contributed by atoms with Crippen molar-refractivity contribution in [2.75, 3.05) is 18.0 Å². The van der Waals surface area contributed by atoms with Gasteiger partial charge in [0.1, 0.15) is 4.75 Å². The number of carbonyl (C=O) groups is 1. The average molecular weight is 455 g/mol. The second kappa shape index (κ2) is 11.8. The third-order valence-electron chi connectivity index (χ3n) is 4.75. The Kier molecular flexibility index (Phi) is 9.80. The number of aromatic nitrogens is 1. The first kappa shape index (κ1) is 24.0. The lowest BCUT2D eigenvalue weighted by Gasteiger charge is -2.25. The number of hydrogen-bond acceptors (Lipinski definition) is 5. The van der Waals surface area contributed by atoms with Crippen molar-refractivity contribution >= 4 is 46.4 Å². The molecule has 0 aliphatic carbocycles. The molecule has 29 heavy (non-hydrogen) atoms. The van der Waals surface area contributed by atoms with Crippen molar-refractivity contribution in [1.29, 1.82) is 0 Å². The number of thiazole rings is 1. The number of unbranched alkanes of at least 4 members (excludes halogenated alkanes) is 4. The van der Waals surface area contributed by atoms with Gasteiger partial charge in [0.2, 0.25) is 0 Å². The molecule has 0 aliphatic rings. The Labute approximate surface area is 187 Å². The summed E-state index contributed by atoms with van der Waals surface area (Å²) >= 11 is 9.27. The zero-order valence-corrected chi connectivity index (χ0v) is 19.9. The Morgan fingerprint density at radius 3 is 2.62 bits per heavy atom. The minimum absolute atomic E-state index is 0.777. The highest BCUT2D eigenvalue weighted by Crippen LogP contribution is 2.35. The summed E-state index contributed by atoms with van der Waals surface area (Å²) < 4.78 is -0.0757. The maximum absolute atomic E-state index is 11.3. The number of benzene rings is 1. The van der Waals surface area contributed by atoms with Gasteiger partial charge in [0.05, 0.1) is 16.4 Å². The van der Waals surface area contributed by atoms with Gasteiger partial charge in [-0.2, -0.15) is 0 Å². The van der Waals surface area contributed by atoms with E-state index in [2.05, 4.69) is 22.9 Å². The molecule has 0 fully saturated rings. The van der Waals surface area contributed by atoms with Crippen LogP contribution in [0.3, 0.4) is 0 Å². The minimum atomic E-state index is -0.878. The maximum atomic E-state index is 11.3. The zero-order valence-electron chi connectivity index (χ0n) is 17.5. The van der Waals surface area contributed by atoms with Crippen LogP contribution >= 0.6 is 34.7 Å². The smallest absolute Gasteiger partial charge is 0.319 e. The molecule has 2 rings (SSSR count). The SMILES string of the molecule is CCCCCCCN(CCc1csc(SC(C)(C)C(=O)O)n1)c1ccccc1Cl. The molecular weight excluding hydrogens is 424 g/mol. The van der Waals surface area contributed by atoms with E-state index in [9.17, 15) is 9.90 Å². The van der Waals surface area contributed by atoms with Crippen LogP contribution in [0.25, 0.3) is 0 Å². The molecule has 4 nitrogen and oxygen atoms in total. The molecule has 0 atom stereocenters. The van der Waals surface area contributed by atoms with Crippen LogP contribution in [0.15, 0.2) is 34.0 Å². The molecule has 0 unspecified atom stereocenters. The van der Waals surface area contributed by atoms with Crippen molar-refractivity contribution in [2.45, 2.75) is 68.4 Å². The van der Waals surface area contributed by atoms with Crippen LogP contribution in [0.1, 0.15) is 58.6 Å². The van der Waals surface area contributed by atoms with Gasteiger partial charge in [-0.1, -0.05) is 68.1 Å². The molecule has 1 N–H and O–H groups in total. The highest BCUT2D eigenvalue weighted by molar-refractivity contribution is 8.02. The van der Waals surface area contributed by atoms with Gasteiger partial charge in [-0.3, -0.25) is 4.79 Å². The number of nitrogens with zero attached hydrogens (tertiary/aromatic N) is 2. The summed E-state index contributed by atoms with van der Waals surface area (Å²) in [7, 11) is 0. The first-order chi connectivity index (χ1) is 13.8. The van der Waals surface area contributed by atoms with Crippen molar-refractivity contribution < 1.29 is 9.90 Å². The number of rotatable bonds is 13. The molecule has 0 spiro atoms. The largest absolute Gasteiger partial charge is 0.480 e. The first-order valence-electron chi connectivity index (χ1n) is 10.2. The number of para-hydroxylation sites is 1. The van der Waals surface area contributed by atoms with E-state index in [1.165, 1.54) is 48.8 Å². The van der Waals surface area contributed by atoms with E-state index < -0.39 is 10.7 Å². The second-order valence-electron chi connectivity index (χ2n) is 7.62. The Morgan fingerprint density at radius 2 is 1.93 bits per heavy atom. The Bertz CT molecular complexity index is 780. The molecule has 1 heterocycles. The Morgan fingerprint density at radius 1 is 1.21 bits per heavy atom. The predicted molar refractivity (Wildman–Crippen MR) is 126 cm³/mol. The van der Waals surface area contributed by atoms with Crippen molar-refractivity contribution in [3.63, 3.8) is 0 Å². The average Bonchev–Trinajstić information content (AvgIpc) is 3.11. The van der Waals surface area contributed by atoms with Crippen LogP contribution in [0, 0.1) is 0 Å². The number of carboxylic acid groups (broad SMARTS) is 1. The molecule has 0 amide bonds. The number of thioether (sulfide) groups is 1. The fourth-order valence-corrected chi connectivity index (χ4v) is 5.41. The van der Waals surface area contributed by atoms with E-state index in [-0.39, 0.29) is 0 Å². The van der Waals surface area contributed by atoms with Crippen LogP contribution in [0.2, 0.25) is 5.02 Å². The van der Waals surface area contributed by atoms with Crippen molar-refractivity contribution in [2.24, 2.45) is 0 Å². The molecule has 1 aromatic carbocycles. The second-order valence-corrected chi connectivity index (χ2v) is 10.8. The third-order valence-corrected chi connectivity index (χ3v) is 7.24. The summed E-state index contributed by atoms with van der Waals surface area (Å²) in [6.45, 7) is 7.46. The Balaban J connectivity index is 1.98. The molecule has 0 bridgehead atoms. The first-order valence-corrected chi connectivity index (χ1v) is 12.3. The monoisotopic (exact) mass is 454 g/mol. The summed E-state index contributed by atoms with van der Waals surface area (Å²) in [4.78, 5) is 18.3. The van der Waals surface area contributed by atoms with E-state index >= 15 is 0 Å². The quantitative estimate of drug-likeness (QED) is 0.267. The van der Waals surface area contributed by atoms with E-state index in [0.29, 0.717) is 0 Å². The van der Waals surface area contributed by atoms with Crippen LogP contribution in [0.5, 0.6) is 0 Å². The van der Waals surface area contributed by atoms with E-state index in [0.717, 1.165) is 46.7 Å². The molecule has 0 radical (unpaired) electrons. The molecule has 160 valence electrons. The highest BCUT2D eigenvalue weighted by atomic mass is 35.5. The summed E-state index contributed by atoms with van der Waals surface area (Å²) in [5.41, 5.74) is 2.07. The summed E-state index contributed by atoms with van der Waals surface area (Å²) in [6.07, 6.45) is 7.01. The number of carboxylic acids is 1. The lowest BCUT2D eigenvalue weighted by Crippen LogP contribution is -2.27. The van der Waals surface area contributed by atoms with Crippen LogP contribution in [-0.4, -0.2) is 33.9 Å². The zero-order chi connectivity index (χ0) is 21.3. The summed E-state index contributed by atoms with van der Waals surface area (Å²) in [5.74, 6) is -0.827. The van der Waals surface area contributed by atoms with Gasteiger partial charge < -0.3 is 10.0 Å². The van der Waals surface area contributed by atoms with Gasteiger partial charge >= 0.3 is 5.97 Å². The van der Waals surface area contributed by atoms with E-state index in [1.54, 1.807) is 13.8 Å². The van der Waals surface area contributed by atoms with Gasteiger partial charge in [-0.05, 0) is 32.4 Å². The molecule has 0 saturated heterocycles. The number of halogens is 1. The van der Waals surface area contributed by atoms with E-state index in [1.807, 2.05) is 23.6 Å². The molecular formula is C22H31ClN2O2S2. The van der Waals surface area contributed by atoms with Gasteiger partial charge in [-0.15, -0.1) is 11.3 Å². The number of aliphatic carboxylic acids is 1. The van der Waals surface area contributed by atoms with Crippen LogP contribution in [-0.2, 0) is 11.2 Å². The standard InChI is InChI=1S/C22H31ClN2O2S2/c1-4-5-6-7-10-14-25(19-12-9-8-11-18(19)23)15-13-17-16-28-21(24-17)29-22(2,3)20(26)27/h8-9,11-12,16H,4-7,10,13-15H2,1-3H3,(H,26,27). The maximum Gasteiger partial charge on any atom is 0.319 e. The normalized spacial score (nSPS) is 11.6. The predicted octanol–water partition coefficient (Wildman–Crippen LogP) is 6.77. The van der Waals surface area contributed by atoms with Crippen LogP contribution in [0.4, 0.5) is 5.69 Å². The van der Waals surface area contributed by atoms with Gasteiger partial charge in [-0.25, -0.2) is 4.98 Å². The molecule has 1 aromatic heterocycles. The summed E-state index contributed by atoms with van der Waals surface area (Å²) in [6, 6.07) is 7.99. The van der Waals surface area contributed by atoms with Crippen LogP contribution < -0.4 is 4.90 Å². The molecule has 7 heteroatoms. The lowest BCUT2D eigenvalue weighted by atomic mass is 10.1. The van der Waals surface area contributed by atoms with Gasteiger partial charge in [0.15, 0.2) is 4.34 Å². The number of hydrogen-bond donors (Lipinski definition) is 1. The third kappa shape index (κ3) is 7.83. The minimum Gasteiger partial charge on any atom is -0.480 e.